The number of hydrogen-bond acceptors (Lipinski definition) is 6. The van der Waals surface area contributed by atoms with Crippen LogP contribution in [0, 0.1) is 6.92 Å². The summed E-state index contributed by atoms with van der Waals surface area (Å²) in [6, 6.07) is 10.8. The Morgan fingerprint density at radius 2 is 1.90 bits per heavy atom. The quantitative estimate of drug-likeness (QED) is 0.715. The topological polar surface area (TPSA) is 94.2 Å². The highest BCUT2D eigenvalue weighted by Crippen LogP contribution is 2.35. The van der Waals surface area contributed by atoms with Crippen LogP contribution >= 0.6 is 0 Å². The highest BCUT2D eigenvalue weighted by atomic mass is 32.2. The number of nitrogens with zero attached hydrogens (tertiary/aromatic N) is 1. The van der Waals surface area contributed by atoms with Crippen LogP contribution in [-0.4, -0.2) is 54.0 Å². The first kappa shape index (κ1) is 21.8. The van der Waals surface area contributed by atoms with Crippen molar-refractivity contribution in [3.63, 3.8) is 0 Å². The van der Waals surface area contributed by atoms with E-state index < -0.39 is 16.1 Å². The Kier molecular flexibility index (Phi) is 6.40. The van der Waals surface area contributed by atoms with Crippen molar-refractivity contribution in [1.29, 1.82) is 0 Å². The molecule has 0 saturated carbocycles. The monoisotopic (exact) mass is 434 g/mol. The number of benzene rings is 2. The number of sulfonamides is 1. The number of fused-ring (bicyclic) bond motifs is 1. The molecule has 0 radical (unpaired) electrons. The van der Waals surface area contributed by atoms with Crippen LogP contribution in [0.5, 0.6) is 17.2 Å². The number of carbonyl (C=O) groups excluding carboxylic acids is 1. The number of hydrogen-bond donors (Lipinski definition) is 1. The fourth-order valence-electron chi connectivity index (χ4n) is 3.29. The minimum atomic E-state index is -3.55. The molecule has 1 amide bonds. The van der Waals surface area contributed by atoms with E-state index in [0.29, 0.717) is 35.9 Å². The molecule has 9 heteroatoms. The third-order valence-electron chi connectivity index (χ3n) is 4.84. The number of rotatable bonds is 7. The van der Waals surface area contributed by atoms with Gasteiger partial charge in [0, 0.05) is 6.54 Å². The van der Waals surface area contributed by atoms with Gasteiger partial charge in [-0.3, -0.25) is 9.10 Å². The molecule has 1 N–H and O–H groups in total. The number of anilines is 1. The van der Waals surface area contributed by atoms with Crippen molar-refractivity contribution < 1.29 is 27.4 Å². The third-order valence-corrected chi connectivity index (χ3v) is 5.98. The van der Waals surface area contributed by atoms with Gasteiger partial charge in [-0.1, -0.05) is 12.1 Å². The van der Waals surface area contributed by atoms with Gasteiger partial charge in [-0.15, -0.1) is 0 Å². The number of aryl methyl sites for hydroxylation is 1. The first-order valence-electron chi connectivity index (χ1n) is 9.46. The van der Waals surface area contributed by atoms with Crippen LogP contribution in [-0.2, 0) is 21.2 Å². The molecule has 30 heavy (non-hydrogen) atoms. The van der Waals surface area contributed by atoms with E-state index in [-0.39, 0.29) is 12.5 Å². The molecule has 1 atom stereocenters. The maximum Gasteiger partial charge on any atom is 0.263 e. The van der Waals surface area contributed by atoms with E-state index in [4.69, 9.17) is 14.2 Å². The van der Waals surface area contributed by atoms with Crippen molar-refractivity contribution in [3.05, 3.63) is 47.5 Å². The van der Waals surface area contributed by atoms with Crippen molar-refractivity contribution in [2.45, 2.75) is 19.4 Å². The SMILES string of the molecule is COc1ccc(CCNC(=O)[C@@H]2CN(S(C)(=O)=O)c3cc(C)ccc3O2)cc1OC. The zero-order chi connectivity index (χ0) is 21.9. The van der Waals surface area contributed by atoms with Crippen LogP contribution in [0.1, 0.15) is 11.1 Å². The predicted octanol–water partition coefficient (Wildman–Crippen LogP) is 1.90. The summed E-state index contributed by atoms with van der Waals surface area (Å²) in [6.45, 7) is 2.17. The molecule has 2 aromatic carbocycles. The second-order valence-electron chi connectivity index (χ2n) is 7.10. The van der Waals surface area contributed by atoms with Gasteiger partial charge >= 0.3 is 0 Å². The zero-order valence-electron chi connectivity index (χ0n) is 17.5. The number of nitrogens with one attached hydrogen (secondary N) is 1. The largest absolute Gasteiger partial charge is 0.493 e. The van der Waals surface area contributed by atoms with Gasteiger partial charge in [0.15, 0.2) is 17.6 Å². The van der Waals surface area contributed by atoms with Gasteiger partial charge in [0.25, 0.3) is 5.91 Å². The molecule has 1 aliphatic rings. The Morgan fingerprint density at radius 3 is 2.57 bits per heavy atom. The van der Waals surface area contributed by atoms with Gasteiger partial charge in [-0.05, 0) is 48.7 Å². The van der Waals surface area contributed by atoms with Crippen molar-refractivity contribution in [2.75, 3.05) is 37.9 Å². The van der Waals surface area contributed by atoms with Crippen molar-refractivity contribution in [2.24, 2.45) is 0 Å². The van der Waals surface area contributed by atoms with Crippen LogP contribution < -0.4 is 23.8 Å². The van der Waals surface area contributed by atoms with Crippen molar-refractivity contribution in [1.82, 2.24) is 5.32 Å². The van der Waals surface area contributed by atoms with Crippen LogP contribution in [0.3, 0.4) is 0 Å². The zero-order valence-corrected chi connectivity index (χ0v) is 18.3. The molecule has 0 saturated heterocycles. The lowest BCUT2D eigenvalue weighted by atomic mass is 10.1. The molecule has 1 aliphatic heterocycles. The first-order valence-corrected chi connectivity index (χ1v) is 11.3. The van der Waals surface area contributed by atoms with Gasteiger partial charge in [0.05, 0.1) is 32.7 Å². The number of amides is 1. The van der Waals surface area contributed by atoms with E-state index in [1.165, 1.54) is 4.31 Å². The molecule has 0 fully saturated rings. The molecule has 0 bridgehead atoms. The summed E-state index contributed by atoms with van der Waals surface area (Å²) < 4.78 is 42.0. The van der Waals surface area contributed by atoms with Gasteiger partial charge in [0.1, 0.15) is 5.75 Å². The highest BCUT2D eigenvalue weighted by Gasteiger charge is 2.34. The highest BCUT2D eigenvalue weighted by molar-refractivity contribution is 7.92. The molecule has 162 valence electrons. The Bertz CT molecular complexity index is 1040. The number of carbonyl (C=O) groups is 1. The lowest BCUT2D eigenvalue weighted by molar-refractivity contribution is -0.127. The van der Waals surface area contributed by atoms with Gasteiger partial charge in [-0.2, -0.15) is 0 Å². The van der Waals surface area contributed by atoms with Crippen LogP contribution in [0.15, 0.2) is 36.4 Å². The molecular formula is C21H26N2O6S. The van der Waals surface area contributed by atoms with Gasteiger partial charge in [-0.25, -0.2) is 8.42 Å². The first-order chi connectivity index (χ1) is 14.2. The summed E-state index contributed by atoms with van der Waals surface area (Å²) in [5, 5.41) is 2.82. The molecule has 0 aromatic heterocycles. The third kappa shape index (κ3) is 4.79. The van der Waals surface area contributed by atoms with Crippen LogP contribution in [0.4, 0.5) is 5.69 Å². The van der Waals surface area contributed by atoms with E-state index in [1.54, 1.807) is 26.4 Å². The van der Waals surface area contributed by atoms with Gasteiger partial charge < -0.3 is 19.5 Å². The number of methoxy groups -OCH3 is 2. The Hall–Kier alpha value is -2.94. The Morgan fingerprint density at radius 1 is 1.17 bits per heavy atom. The average molecular weight is 435 g/mol. The Balaban J connectivity index is 1.67. The lowest BCUT2D eigenvalue weighted by Crippen LogP contribution is -2.50. The van der Waals surface area contributed by atoms with Crippen LogP contribution in [0.2, 0.25) is 0 Å². The molecule has 8 nitrogen and oxygen atoms in total. The van der Waals surface area contributed by atoms with E-state index in [9.17, 15) is 13.2 Å². The number of ether oxygens (including phenoxy) is 3. The maximum absolute atomic E-state index is 12.7. The maximum atomic E-state index is 12.7. The molecule has 2 aromatic rings. The van der Waals surface area contributed by atoms with Crippen molar-refractivity contribution in [3.8, 4) is 17.2 Å². The molecule has 3 rings (SSSR count). The van der Waals surface area contributed by atoms with Crippen molar-refractivity contribution >= 4 is 21.6 Å². The van der Waals surface area contributed by atoms with E-state index in [2.05, 4.69) is 5.32 Å². The molecular weight excluding hydrogens is 408 g/mol. The Labute approximate surface area is 176 Å². The molecule has 0 aliphatic carbocycles. The standard InChI is InChI=1S/C21H26N2O6S/c1-14-5-7-17-16(11-14)23(30(4,25)26)13-20(29-17)21(24)22-10-9-15-6-8-18(27-2)19(12-15)28-3/h5-8,11-12,20H,9-10,13H2,1-4H3,(H,22,24)/t20-/m0/s1. The summed E-state index contributed by atoms with van der Waals surface area (Å²) in [7, 11) is -0.416. The second kappa shape index (κ2) is 8.83. The molecule has 0 spiro atoms. The van der Waals surface area contributed by atoms with E-state index >= 15 is 0 Å². The molecule has 1 heterocycles. The summed E-state index contributed by atoms with van der Waals surface area (Å²) in [5.74, 6) is 1.26. The minimum Gasteiger partial charge on any atom is -0.493 e. The fourth-order valence-corrected chi connectivity index (χ4v) is 4.20. The molecule has 0 unspecified atom stereocenters. The van der Waals surface area contributed by atoms with Gasteiger partial charge in [0.2, 0.25) is 10.0 Å². The summed E-state index contributed by atoms with van der Waals surface area (Å²) >= 11 is 0. The van der Waals surface area contributed by atoms with Crippen LogP contribution in [0.25, 0.3) is 0 Å². The summed E-state index contributed by atoms with van der Waals surface area (Å²) in [6.07, 6.45) is 0.765. The average Bonchev–Trinajstić information content (AvgIpc) is 2.71. The summed E-state index contributed by atoms with van der Waals surface area (Å²) in [4.78, 5) is 12.7. The fraction of sp³-hybridized carbons (Fsp3) is 0.381. The minimum absolute atomic E-state index is 0.0719. The van der Waals surface area contributed by atoms with E-state index in [1.807, 2.05) is 31.2 Å². The summed E-state index contributed by atoms with van der Waals surface area (Å²) in [5.41, 5.74) is 2.33. The predicted molar refractivity (Wildman–Crippen MR) is 114 cm³/mol. The smallest absolute Gasteiger partial charge is 0.263 e. The second-order valence-corrected chi connectivity index (χ2v) is 9.01. The van der Waals surface area contributed by atoms with E-state index in [0.717, 1.165) is 17.4 Å². The normalized spacial score (nSPS) is 15.7. The lowest BCUT2D eigenvalue weighted by Gasteiger charge is -2.34.